The van der Waals surface area contributed by atoms with E-state index in [0.29, 0.717) is 5.75 Å². The standard InChI is InChI=1S/C8H15NO6S2/c1-15-7(10)5-17(13,14)9-6(8(11)12)3-4-16-2/h6,9H,3-5H2,1-2H3,(H,11,12)/t6-/m0/s1. The zero-order chi connectivity index (χ0) is 13.5. The van der Waals surface area contributed by atoms with Gasteiger partial charge < -0.3 is 9.84 Å². The summed E-state index contributed by atoms with van der Waals surface area (Å²) in [4.78, 5) is 21.6. The van der Waals surface area contributed by atoms with Crippen molar-refractivity contribution < 1.29 is 27.9 Å². The van der Waals surface area contributed by atoms with Gasteiger partial charge in [0.15, 0.2) is 5.75 Å². The first-order valence-electron chi connectivity index (χ1n) is 4.61. The molecular formula is C8H15NO6S2. The van der Waals surface area contributed by atoms with Crippen LogP contribution in [0.2, 0.25) is 0 Å². The minimum Gasteiger partial charge on any atom is -0.480 e. The third kappa shape index (κ3) is 7.18. The van der Waals surface area contributed by atoms with E-state index in [0.717, 1.165) is 7.11 Å². The monoisotopic (exact) mass is 285 g/mol. The maximum absolute atomic E-state index is 11.4. The van der Waals surface area contributed by atoms with E-state index < -0.39 is 33.8 Å². The van der Waals surface area contributed by atoms with Crippen LogP contribution in [0.4, 0.5) is 0 Å². The Balaban J connectivity index is 4.52. The Labute approximate surface area is 104 Å². The summed E-state index contributed by atoms with van der Waals surface area (Å²) in [6.07, 6.45) is 1.93. The van der Waals surface area contributed by atoms with E-state index in [4.69, 9.17) is 5.11 Å². The number of thioether (sulfide) groups is 1. The Hall–Kier alpha value is -0.800. The summed E-state index contributed by atoms with van der Waals surface area (Å²) in [6.45, 7) is 0. The summed E-state index contributed by atoms with van der Waals surface area (Å²) in [5.74, 6) is -2.59. The lowest BCUT2D eigenvalue weighted by molar-refractivity contribution is -0.139. The van der Waals surface area contributed by atoms with Crippen molar-refractivity contribution in [1.82, 2.24) is 4.72 Å². The van der Waals surface area contributed by atoms with Gasteiger partial charge in [0.05, 0.1) is 7.11 Å². The Kier molecular flexibility index (Phi) is 7.16. The number of carbonyl (C=O) groups is 2. The van der Waals surface area contributed by atoms with Crippen LogP contribution in [0.1, 0.15) is 6.42 Å². The van der Waals surface area contributed by atoms with Gasteiger partial charge in [-0.3, -0.25) is 9.59 Å². The fourth-order valence-corrected chi connectivity index (χ4v) is 2.58. The molecule has 100 valence electrons. The molecule has 17 heavy (non-hydrogen) atoms. The largest absolute Gasteiger partial charge is 0.480 e. The van der Waals surface area contributed by atoms with Gasteiger partial charge in [-0.2, -0.15) is 11.8 Å². The second-order valence-corrected chi connectivity index (χ2v) is 5.86. The molecule has 2 N–H and O–H groups in total. The molecule has 0 heterocycles. The molecule has 0 aliphatic carbocycles. The van der Waals surface area contributed by atoms with Crippen molar-refractivity contribution in [3.8, 4) is 0 Å². The third-order valence-electron chi connectivity index (χ3n) is 1.77. The average molecular weight is 285 g/mol. The quantitative estimate of drug-likeness (QED) is 0.566. The van der Waals surface area contributed by atoms with Gasteiger partial charge in [-0.05, 0) is 18.4 Å². The van der Waals surface area contributed by atoms with E-state index in [2.05, 4.69) is 4.74 Å². The van der Waals surface area contributed by atoms with Crippen LogP contribution in [0.25, 0.3) is 0 Å². The first-order valence-corrected chi connectivity index (χ1v) is 7.65. The van der Waals surface area contributed by atoms with Crippen LogP contribution in [0.15, 0.2) is 0 Å². The number of nitrogens with one attached hydrogen (secondary N) is 1. The molecule has 0 aromatic rings. The van der Waals surface area contributed by atoms with Crippen LogP contribution in [0, 0.1) is 0 Å². The van der Waals surface area contributed by atoms with E-state index in [1.807, 2.05) is 4.72 Å². The molecule has 0 fully saturated rings. The second-order valence-electron chi connectivity index (χ2n) is 3.13. The number of esters is 1. The lowest BCUT2D eigenvalue weighted by Gasteiger charge is -2.13. The number of hydrogen-bond acceptors (Lipinski definition) is 6. The second kappa shape index (κ2) is 7.51. The Morgan fingerprint density at radius 3 is 2.47 bits per heavy atom. The van der Waals surface area contributed by atoms with E-state index in [1.165, 1.54) is 11.8 Å². The average Bonchev–Trinajstić information content (AvgIpc) is 2.22. The predicted octanol–water partition coefficient (Wildman–Crippen LogP) is -0.715. The molecule has 0 saturated heterocycles. The van der Waals surface area contributed by atoms with E-state index in [9.17, 15) is 18.0 Å². The fourth-order valence-electron chi connectivity index (χ4n) is 0.941. The van der Waals surface area contributed by atoms with Gasteiger partial charge in [-0.15, -0.1) is 0 Å². The molecule has 0 saturated carbocycles. The number of hydrogen-bond donors (Lipinski definition) is 2. The van der Waals surface area contributed by atoms with Gasteiger partial charge in [0.1, 0.15) is 6.04 Å². The van der Waals surface area contributed by atoms with Gasteiger partial charge in [-0.1, -0.05) is 0 Å². The molecule has 0 radical (unpaired) electrons. The molecule has 0 aromatic carbocycles. The van der Waals surface area contributed by atoms with Crippen molar-refractivity contribution in [2.75, 3.05) is 24.9 Å². The molecule has 0 amide bonds. The molecule has 0 rings (SSSR count). The molecular weight excluding hydrogens is 270 g/mol. The number of carboxylic acids is 1. The smallest absolute Gasteiger partial charge is 0.322 e. The molecule has 0 aliphatic rings. The van der Waals surface area contributed by atoms with Gasteiger partial charge in [0.25, 0.3) is 0 Å². The zero-order valence-corrected chi connectivity index (χ0v) is 11.1. The summed E-state index contributed by atoms with van der Waals surface area (Å²) >= 11 is 1.40. The Morgan fingerprint density at radius 2 is 2.06 bits per heavy atom. The first kappa shape index (κ1) is 16.2. The summed E-state index contributed by atoms with van der Waals surface area (Å²) in [5.41, 5.74) is 0. The number of ether oxygens (including phenoxy) is 1. The summed E-state index contributed by atoms with van der Waals surface area (Å²) in [6, 6.07) is -1.22. The highest BCUT2D eigenvalue weighted by Gasteiger charge is 2.25. The van der Waals surface area contributed by atoms with Crippen molar-refractivity contribution in [2.45, 2.75) is 12.5 Å². The highest BCUT2D eigenvalue weighted by atomic mass is 32.2. The number of sulfonamides is 1. The number of carbonyl (C=O) groups excluding carboxylic acids is 1. The minimum absolute atomic E-state index is 0.150. The number of carboxylic acid groups (broad SMARTS) is 1. The van der Waals surface area contributed by atoms with Crippen molar-refractivity contribution in [1.29, 1.82) is 0 Å². The first-order chi connectivity index (χ1) is 7.82. The van der Waals surface area contributed by atoms with Crippen LogP contribution in [-0.4, -0.2) is 56.4 Å². The van der Waals surface area contributed by atoms with Crippen LogP contribution >= 0.6 is 11.8 Å². The summed E-state index contributed by atoms with van der Waals surface area (Å²) in [7, 11) is -2.93. The predicted molar refractivity (Wildman–Crippen MR) is 63.4 cm³/mol. The highest BCUT2D eigenvalue weighted by molar-refractivity contribution is 7.98. The molecule has 7 nitrogen and oxygen atoms in total. The molecule has 0 aliphatic heterocycles. The number of aliphatic carboxylic acids is 1. The molecule has 0 bridgehead atoms. The molecule has 1 atom stereocenters. The van der Waals surface area contributed by atoms with E-state index in [-0.39, 0.29) is 6.42 Å². The van der Waals surface area contributed by atoms with Crippen molar-refractivity contribution in [3.63, 3.8) is 0 Å². The molecule has 9 heteroatoms. The third-order valence-corrected chi connectivity index (χ3v) is 3.67. The van der Waals surface area contributed by atoms with E-state index in [1.54, 1.807) is 6.26 Å². The van der Waals surface area contributed by atoms with E-state index >= 15 is 0 Å². The normalized spacial score (nSPS) is 13.1. The molecule has 0 spiro atoms. The van der Waals surface area contributed by atoms with Gasteiger partial charge in [-0.25, -0.2) is 13.1 Å². The Morgan fingerprint density at radius 1 is 1.47 bits per heavy atom. The van der Waals surface area contributed by atoms with Crippen LogP contribution in [0.3, 0.4) is 0 Å². The zero-order valence-electron chi connectivity index (χ0n) is 9.50. The maximum atomic E-state index is 11.4. The highest BCUT2D eigenvalue weighted by Crippen LogP contribution is 2.03. The van der Waals surface area contributed by atoms with Crippen molar-refractivity contribution >= 4 is 33.7 Å². The number of rotatable bonds is 8. The van der Waals surface area contributed by atoms with Gasteiger partial charge in [0, 0.05) is 0 Å². The SMILES string of the molecule is COC(=O)CS(=O)(=O)N[C@@H](CCSC)C(=O)O. The lowest BCUT2D eigenvalue weighted by atomic mass is 10.2. The fraction of sp³-hybridized carbons (Fsp3) is 0.750. The Bertz CT molecular complexity index is 366. The van der Waals surface area contributed by atoms with Crippen molar-refractivity contribution in [2.24, 2.45) is 0 Å². The summed E-state index contributed by atoms with van der Waals surface area (Å²) in [5, 5.41) is 8.80. The maximum Gasteiger partial charge on any atom is 0.322 e. The molecule has 0 aromatic heterocycles. The topological polar surface area (TPSA) is 110 Å². The van der Waals surface area contributed by atoms with Crippen LogP contribution in [0.5, 0.6) is 0 Å². The van der Waals surface area contributed by atoms with Crippen molar-refractivity contribution in [3.05, 3.63) is 0 Å². The lowest BCUT2D eigenvalue weighted by Crippen LogP contribution is -2.43. The van der Waals surface area contributed by atoms with Gasteiger partial charge >= 0.3 is 11.9 Å². The minimum atomic E-state index is -3.98. The van der Waals surface area contributed by atoms with Crippen LogP contribution in [-0.2, 0) is 24.3 Å². The van der Waals surface area contributed by atoms with Crippen LogP contribution < -0.4 is 4.72 Å². The molecule has 0 unspecified atom stereocenters. The number of methoxy groups -OCH3 is 1. The summed E-state index contributed by atoms with van der Waals surface area (Å²) < 4.78 is 28.9. The van der Waals surface area contributed by atoms with Gasteiger partial charge in [0.2, 0.25) is 10.0 Å².